The Kier molecular flexibility index (Phi) is 5.50. The lowest BCUT2D eigenvalue weighted by molar-refractivity contribution is -0.141. The Hall–Kier alpha value is -2.73. The van der Waals surface area contributed by atoms with Gasteiger partial charge in [0.25, 0.3) is 10.0 Å². The van der Waals surface area contributed by atoms with Gasteiger partial charge in [0.2, 0.25) is 0 Å². The summed E-state index contributed by atoms with van der Waals surface area (Å²) in [5.74, 6) is 0.701. The van der Waals surface area contributed by atoms with Crippen LogP contribution in [0.25, 0.3) is 10.6 Å². The fraction of sp³-hybridized carbons (Fsp3) is 0.235. The molecule has 2 N–H and O–H groups in total. The second-order valence-corrected chi connectivity index (χ2v) is 8.77. The van der Waals surface area contributed by atoms with E-state index in [0.717, 1.165) is 17.4 Å². The summed E-state index contributed by atoms with van der Waals surface area (Å²) >= 11 is 1.02. The smallest absolute Gasteiger partial charge is 0.432 e. The van der Waals surface area contributed by atoms with Crippen LogP contribution in [0, 0.1) is 6.92 Å². The van der Waals surface area contributed by atoms with Gasteiger partial charge in [-0.2, -0.15) is 18.3 Å². The van der Waals surface area contributed by atoms with E-state index in [1.165, 1.54) is 26.4 Å². The number of alkyl halides is 3. The highest BCUT2D eigenvalue weighted by Gasteiger charge is 2.33. The van der Waals surface area contributed by atoms with Crippen molar-refractivity contribution < 1.29 is 31.1 Å². The van der Waals surface area contributed by atoms with Crippen molar-refractivity contribution in [2.75, 3.05) is 18.9 Å². The van der Waals surface area contributed by atoms with E-state index in [-0.39, 0.29) is 26.9 Å². The van der Waals surface area contributed by atoms with E-state index < -0.39 is 21.9 Å². The number of rotatable bonds is 6. The molecule has 0 saturated heterocycles. The van der Waals surface area contributed by atoms with Crippen LogP contribution < -0.4 is 14.2 Å². The average Bonchev–Trinajstić information content (AvgIpc) is 3.28. The van der Waals surface area contributed by atoms with E-state index in [2.05, 4.69) is 9.82 Å². The van der Waals surface area contributed by atoms with Crippen LogP contribution in [-0.2, 0) is 16.2 Å². The van der Waals surface area contributed by atoms with Crippen LogP contribution in [0.15, 0.2) is 35.2 Å². The molecule has 0 bridgehead atoms. The van der Waals surface area contributed by atoms with Gasteiger partial charge in [-0.1, -0.05) is 0 Å². The number of nitrogens with zero attached hydrogens (tertiary/aromatic N) is 1. The third-order valence-corrected chi connectivity index (χ3v) is 6.64. The summed E-state index contributed by atoms with van der Waals surface area (Å²) in [6, 6.07) is 6.74. The van der Waals surface area contributed by atoms with Gasteiger partial charge in [0.05, 0.1) is 24.8 Å². The zero-order valence-electron chi connectivity index (χ0n) is 15.4. The van der Waals surface area contributed by atoms with Crippen LogP contribution in [-0.4, -0.2) is 32.8 Å². The minimum absolute atomic E-state index is 0.00540. The van der Waals surface area contributed by atoms with Crippen LogP contribution in [0.5, 0.6) is 11.5 Å². The first-order chi connectivity index (χ1) is 13.5. The summed E-state index contributed by atoms with van der Waals surface area (Å²) in [4.78, 5) is 0.608. The van der Waals surface area contributed by atoms with Gasteiger partial charge in [-0.05, 0) is 31.2 Å². The molecule has 0 aliphatic carbocycles. The minimum Gasteiger partial charge on any atom is -0.497 e. The number of benzene rings is 1. The summed E-state index contributed by atoms with van der Waals surface area (Å²) in [6.07, 6.45) is -4.57. The monoisotopic (exact) mass is 447 g/mol. The molecule has 0 atom stereocenters. The van der Waals surface area contributed by atoms with Gasteiger partial charge in [-0.25, -0.2) is 8.42 Å². The maximum absolute atomic E-state index is 12.9. The van der Waals surface area contributed by atoms with Crippen molar-refractivity contribution in [2.45, 2.75) is 18.0 Å². The number of thiophene rings is 1. The topological polar surface area (TPSA) is 93.3 Å². The molecule has 12 heteroatoms. The number of hydrogen-bond donors (Lipinski definition) is 2. The molecule has 0 amide bonds. The average molecular weight is 447 g/mol. The van der Waals surface area contributed by atoms with Crippen LogP contribution >= 0.6 is 11.3 Å². The molecule has 3 aromatic rings. The van der Waals surface area contributed by atoms with Crippen molar-refractivity contribution in [2.24, 2.45) is 0 Å². The van der Waals surface area contributed by atoms with E-state index >= 15 is 0 Å². The fourth-order valence-electron chi connectivity index (χ4n) is 2.55. The van der Waals surface area contributed by atoms with Crippen molar-refractivity contribution in [3.05, 3.63) is 40.9 Å². The molecule has 2 aromatic heterocycles. The zero-order valence-corrected chi connectivity index (χ0v) is 17.1. The van der Waals surface area contributed by atoms with Gasteiger partial charge in [-0.3, -0.25) is 9.82 Å². The lowest BCUT2D eigenvalue weighted by Crippen LogP contribution is -2.14. The molecular weight excluding hydrogens is 431 g/mol. The molecule has 0 aliphatic heterocycles. The Morgan fingerprint density at radius 3 is 2.45 bits per heavy atom. The van der Waals surface area contributed by atoms with Crippen molar-refractivity contribution >= 4 is 27.0 Å². The second-order valence-electron chi connectivity index (χ2n) is 5.87. The normalized spacial score (nSPS) is 12.1. The lowest BCUT2D eigenvalue weighted by Gasteiger charge is -2.13. The van der Waals surface area contributed by atoms with E-state index in [9.17, 15) is 21.6 Å². The molecular formula is C17H16F3N3O4S2. The quantitative estimate of drug-likeness (QED) is 0.588. The molecule has 3 rings (SSSR count). The van der Waals surface area contributed by atoms with Gasteiger partial charge < -0.3 is 9.47 Å². The molecule has 0 aliphatic rings. The molecule has 29 heavy (non-hydrogen) atoms. The first kappa shape index (κ1) is 21.0. The summed E-state index contributed by atoms with van der Waals surface area (Å²) in [6.45, 7) is 1.56. The summed E-state index contributed by atoms with van der Waals surface area (Å²) in [7, 11) is -1.21. The maximum Gasteiger partial charge on any atom is 0.432 e. The van der Waals surface area contributed by atoms with Crippen molar-refractivity contribution in [3.63, 3.8) is 0 Å². The number of anilines is 1. The van der Waals surface area contributed by atoms with E-state index in [1.54, 1.807) is 19.1 Å². The summed E-state index contributed by atoms with van der Waals surface area (Å²) in [5.41, 5.74) is -0.842. The Balaban J connectivity index is 1.96. The Morgan fingerprint density at radius 1 is 1.14 bits per heavy atom. The van der Waals surface area contributed by atoms with E-state index in [1.807, 2.05) is 5.10 Å². The first-order valence-corrected chi connectivity index (χ1v) is 10.3. The number of halogens is 3. The van der Waals surface area contributed by atoms with Gasteiger partial charge >= 0.3 is 6.18 Å². The highest BCUT2D eigenvalue weighted by molar-refractivity contribution is 7.93. The minimum atomic E-state index is -4.57. The first-order valence-electron chi connectivity index (χ1n) is 8.03. The van der Waals surface area contributed by atoms with Gasteiger partial charge in [0.15, 0.2) is 0 Å². The predicted octanol–water partition coefficient (Wildman–Crippen LogP) is 4.28. The maximum atomic E-state index is 12.9. The number of aromatic nitrogens is 2. The number of sulfonamides is 1. The van der Waals surface area contributed by atoms with Gasteiger partial charge in [0.1, 0.15) is 27.8 Å². The summed E-state index contributed by atoms with van der Waals surface area (Å²) in [5, 5.41) is 5.55. The number of methoxy groups -OCH3 is 2. The Bertz CT molecular complexity index is 1140. The molecule has 0 radical (unpaired) electrons. The standard InChI is InChI=1S/C17H16F3N3O4S2/c1-9-15(8-14(28-9)12-7-16(22-21-12)17(18,19)20)29(24,25)23-11-6-10(26-2)4-5-13(11)27-3/h4-8,23H,1-3H3,(H,21,22). The molecule has 156 valence electrons. The molecule has 7 nitrogen and oxygen atoms in total. The van der Waals surface area contributed by atoms with E-state index in [4.69, 9.17) is 9.47 Å². The Labute approximate surface area is 168 Å². The number of ether oxygens (including phenoxy) is 2. The molecule has 0 fully saturated rings. The van der Waals surface area contributed by atoms with Crippen LogP contribution in [0.2, 0.25) is 0 Å². The van der Waals surface area contributed by atoms with Crippen LogP contribution in [0.1, 0.15) is 10.6 Å². The molecule has 0 saturated carbocycles. The molecule has 0 spiro atoms. The number of nitrogens with one attached hydrogen (secondary N) is 2. The van der Waals surface area contributed by atoms with Crippen molar-refractivity contribution in [3.8, 4) is 22.1 Å². The molecule has 0 unspecified atom stereocenters. The van der Waals surface area contributed by atoms with Crippen molar-refractivity contribution in [1.82, 2.24) is 10.2 Å². The van der Waals surface area contributed by atoms with Crippen LogP contribution in [0.3, 0.4) is 0 Å². The number of H-pyrrole nitrogens is 1. The van der Waals surface area contributed by atoms with Crippen LogP contribution in [0.4, 0.5) is 18.9 Å². The van der Waals surface area contributed by atoms with E-state index in [0.29, 0.717) is 10.6 Å². The lowest BCUT2D eigenvalue weighted by atomic mass is 10.3. The van der Waals surface area contributed by atoms with Gasteiger partial charge in [-0.15, -0.1) is 11.3 Å². The van der Waals surface area contributed by atoms with Crippen molar-refractivity contribution in [1.29, 1.82) is 0 Å². The highest BCUT2D eigenvalue weighted by Crippen LogP contribution is 2.37. The SMILES string of the molecule is COc1ccc(OC)c(NS(=O)(=O)c2cc(-c3cc(C(F)(F)F)[nH]n3)sc2C)c1. The third-order valence-electron chi connectivity index (χ3n) is 3.95. The predicted molar refractivity (Wildman–Crippen MR) is 102 cm³/mol. The molecule has 2 heterocycles. The number of aryl methyl sites for hydroxylation is 1. The summed E-state index contributed by atoms with van der Waals surface area (Å²) < 4.78 is 76.8. The second kappa shape index (κ2) is 7.59. The third kappa shape index (κ3) is 4.32. The number of hydrogen-bond acceptors (Lipinski definition) is 6. The Morgan fingerprint density at radius 2 is 1.86 bits per heavy atom. The largest absolute Gasteiger partial charge is 0.497 e. The van der Waals surface area contributed by atoms with Gasteiger partial charge in [0, 0.05) is 10.9 Å². The number of aromatic amines is 1. The fourth-order valence-corrected chi connectivity index (χ4v) is 5.16. The molecule has 1 aromatic carbocycles. The zero-order chi connectivity index (χ0) is 21.4. The highest BCUT2D eigenvalue weighted by atomic mass is 32.2.